The van der Waals surface area contributed by atoms with Gasteiger partial charge in [-0.1, -0.05) is 25.3 Å². The van der Waals surface area contributed by atoms with Crippen molar-refractivity contribution in [3.8, 4) is 5.88 Å². The van der Waals surface area contributed by atoms with Crippen molar-refractivity contribution in [1.29, 1.82) is 0 Å². The fraction of sp³-hybridized carbons (Fsp3) is 0.774. The van der Waals surface area contributed by atoms with Gasteiger partial charge in [-0.05, 0) is 107 Å². The Balaban J connectivity index is 1.14. The highest BCUT2D eigenvalue weighted by Crippen LogP contribution is 2.53. The highest BCUT2D eigenvalue weighted by Gasteiger charge is 2.48. The fourth-order valence-electron chi connectivity index (χ4n) is 8.33. The van der Waals surface area contributed by atoms with E-state index in [1.54, 1.807) is 10.9 Å². The molecular formula is C31H47N5O3. The number of hydrogen-bond acceptors (Lipinski definition) is 5. The topological polar surface area (TPSA) is 97.3 Å². The second-order valence-electron chi connectivity index (χ2n) is 13.2. The summed E-state index contributed by atoms with van der Waals surface area (Å²) in [5.74, 6) is 3.98. The molecule has 4 bridgehead atoms. The minimum Gasteiger partial charge on any atom is -0.477 e. The highest BCUT2D eigenvalue weighted by molar-refractivity contribution is 5.96. The Morgan fingerprint density at radius 2 is 1.69 bits per heavy atom. The SMILES string of the molecule is CC(=CCn1ncc(C(=O)NC2C3CC4CC(C3)CC2C4)c1OCC1CCCCC1)C(=O)NC1CCNCC1. The zero-order valence-corrected chi connectivity index (χ0v) is 23.6. The van der Waals surface area contributed by atoms with Crippen LogP contribution < -0.4 is 20.7 Å². The Kier molecular flexibility index (Phi) is 8.28. The van der Waals surface area contributed by atoms with Gasteiger partial charge < -0.3 is 20.7 Å². The standard InChI is InChI=1S/C31H47N5O3/c1-20(29(37)34-26-7-10-32-11-8-26)9-12-36-31(39-19-21-5-3-2-4-6-21)27(18-33-36)30(38)35-28-24-14-22-13-23(16-24)17-25(28)15-22/h9,18,21-26,28,32H,2-8,10-17,19H2,1H3,(H,34,37)(H,35,38). The molecule has 2 amide bonds. The van der Waals surface area contributed by atoms with Crippen LogP contribution in [0.15, 0.2) is 17.8 Å². The van der Waals surface area contributed by atoms with Crippen LogP contribution in [0, 0.1) is 29.6 Å². The van der Waals surface area contributed by atoms with E-state index in [-0.39, 0.29) is 23.9 Å². The fourth-order valence-corrected chi connectivity index (χ4v) is 8.33. The molecule has 0 radical (unpaired) electrons. The molecule has 5 aliphatic carbocycles. The third-order valence-corrected chi connectivity index (χ3v) is 10.3. The van der Waals surface area contributed by atoms with Crippen molar-refractivity contribution in [3.05, 3.63) is 23.4 Å². The third kappa shape index (κ3) is 6.21. The molecule has 0 atom stereocenters. The van der Waals surface area contributed by atoms with E-state index in [2.05, 4.69) is 21.0 Å². The molecule has 1 aromatic rings. The van der Waals surface area contributed by atoms with Crippen molar-refractivity contribution in [2.75, 3.05) is 19.7 Å². The average Bonchev–Trinajstić information content (AvgIpc) is 3.36. The maximum absolute atomic E-state index is 13.7. The van der Waals surface area contributed by atoms with E-state index >= 15 is 0 Å². The van der Waals surface area contributed by atoms with Crippen LogP contribution in [0.2, 0.25) is 0 Å². The van der Waals surface area contributed by atoms with Crippen molar-refractivity contribution in [2.24, 2.45) is 29.6 Å². The number of allylic oxidation sites excluding steroid dienone is 1. The van der Waals surface area contributed by atoms with E-state index < -0.39 is 0 Å². The minimum absolute atomic E-state index is 0.0291. The molecule has 8 heteroatoms. The predicted molar refractivity (Wildman–Crippen MR) is 150 cm³/mol. The van der Waals surface area contributed by atoms with E-state index in [0.29, 0.717) is 47.9 Å². The summed E-state index contributed by atoms with van der Waals surface area (Å²) in [6.45, 7) is 4.75. The summed E-state index contributed by atoms with van der Waals surface area (Å²) in [5, 5.41) is 14.5. The molecule has 214 valence electrons. The molecule has 0 spiro atoms. The van der Waals surface area contributed by atoms with Crippen molar-refractivity contribution in [2.45, 2.75) is 103 Å². The molecule has 3 N–H and O–H groups in total. The van der Waals surface area contributed by atoms with Gasteiger partial charge in [-0.3, -0.25) is 9.59 Å². The van der Waals surface area contributed by atoms with Gasteiger partial charge in [-0.25, -0.2) is 4.68 Å². The van der Waals surface area contributed by atoms with Crippen LogP contribution in [-0.4, -0.2) is 53.4 Å². The minimum atomic E-state index is -0.0540. The molecular weight excluding hydrogens is 490 g/mol. The molecule has 1 saturated heterocycles. The Labute approximate surface area is 233 Å². The maximum atomic E-state index is 13.7. The highest BCUT2D eigenvalue weighted by atomic mass is 16.5. The lowest BCUT2D eigenvalue weighted by molar-refractivity contribution is -0.118. The first kappa shape index (κ1) is 26.9. The van der Waals surface area contributed by atoms with Crippen molar-refractivity contribution in [3.63, 3.8) is 0 Å². The third-order valence-electron chi connectivity index (χ3n) is 10.3. The molecule has 1 aliphatic heterocycles. The number of carbonyl (C=O) groups excluding carboxylic acids is 2. The quantitative estimate of drug-likeness (QED) is 0.410. The monoisotopic (exact) mass is 537 g/mol. The number of piperidine rings is 1. The largest absolute Gasteiger partial charge is 0.477 e. The number of ether oxygens (including phenoxy) is 1. The zero-order valence-electron chi connectivity index (χ0n) is 23.6. The van der Waals surface area contributed by atoms with E-state index in [9.17, 15) is 9.59 Å². The molecule has 39 heavy (non-hydrogen) atoms. The Bertz CT molecular complexity index is 1020. The first-order valence-electron chi connectivity index (χ1n) is 15.7. The number of nitrogens with one attached hydrogen (secondary N) is 3. The number of aromatic nitrogens is 2. The van der Waals surface area contributed by atoms with Gasteiger partial charge in [0.2, 0.25) is 11.8 Å². The molecule has 0 unspecified atom stereocenters. The normalized spacial score (nSPS) is 31.3. The van der Waals surface area contributed by atoms with Crippen molar-refractivity contribution >= 4 is 11.8 Å². The van der Waals surface area contributed by atoms with E-state index in [4.69, 9.17) is 4.74 Å². The van der Waals surface area contributed by atoms with Crippen LogP contribution in [0.3, 0.4) is 0 Å². The van der Waals surface area contributed by atoms with Gasteiger partial charge in [-0.2, -0.15) is 5.10 Å². The average molecular weight is 538 g/mol. The van der Waals surface area contributed by atoms with Crippen LogP contribution in [0.4, 0.5) is 0 Å². The van der Waals surface area contributed by atoms with Gasteiger partial charge >= 0.3 is 0 Å². The second kappa shape index (κ2) is 12.0. The first-order valence-corrected chi connectivity index (χ1v) is 15.7. The molecule has 1 aromatic heterocycles. The van der Waals surface area contributed by atoms with E-state index in [1.165, 1.54) is 64.2 Å². The van der Waals surface area contributed by atoms with Gasteiger partial charge in [0, 0.05) is 17.7 Å². The van der Waals surface area contributed by atoms with Gasteiger partial charge in [0.1, 0.15) is 5.56 Å². The Morgan fingerprint density at radius 1 is 1.00 bits per heavy atom. The molecule has 8 nitrogen and oxygen atoms in total. The molecule has 6 fully saturated rings. The number of rotatable bonds is 9. The van der Waals surface area contributed by atoms with Crippen LogP contribution in [0.5, 0.6) is 5.88 Å². The first-order chi connectivity index (χ1) is 19.0. The lowest BCUT2D eigenvalue weighted by atomic mass is 9.54. The lowest BCUT2D eigenvalue weighted by Crippen LogP contribution is -2.55. The number of amides is 2. The molecule has 5 saturated carbocycles. The summed E-state index contributed by atoms with van der Waals surface area (Å²) in [6, 6.07) is 0.502. The summed E-state index contributed by atoms with van der Waals surface area (Å²) in [4.78, 5) is 26.4. The second-order valence-corrected chi connectivity index (χ2v) is 13.2. The van der Waals surface area contributed by atoms with Gasteiger partial charge in [0.25, 0.3) is 5.91 Å². The zero-order chi connectivity index (χ0) is 26.8. The van der Waals surface area contributed by atoms with Crippen molar-refractivity contribution < 1.29 is 14.3 Å². The smallest absolute Gasteiger partial charge is 0.258 e. The Morgan fingerprint density at radius 3 is 2.38 bits per heavy atom. The molecule has 2 heterocycles. The van der Waals surface area contributed by atoms with E-state index in [0.717, 1.165) is 37.8 Å². The summed E-state index contributed by atoms with van der Waals surface area (Å²) in [7, 11) is 0. The Hall–Kier alpha value is -2.35. The number of hydrogen-bond donors (Lipinski definition) is 3. The van der Waals surface area contributed by atoms with E-state index in [1.807, 2.05) is 13.0 Å². The van der Waals surface area contributed by atoms with Crippen LogP contribution in [0.25, 0.3) is 0 Å². The van der Waals surface area contributed by atoms with Gasteiger partial charge in [0.15, 0.2) is 0 Å². The summed E-state index contributed by atoms with van der Waals surface area (Å²) >= 11 is 0. The van der Waals surface area contributed by atoms with Gasteiger partial charge in [0.05, 0.1) is 19.3 Å². The number of carbonyl (C=O) groups is 2. The summed E-state index contributed by atoms with van der Waals surface area (Å²) in [5.41, 5.74) is 1.20. The molecule has 6 aliphatic rings. The maximum Gasteiger partial charge on any atom is 0.258 e. The lowest BCUT2D eigenvalue weighted by Gasteiger charge is -2.54. The van der Waals surface area contributed by atoms with Crippen LogP contribution in [0.1, 0.15) is 94.3 Å². The molecule has 0 aromatic carbocycles. The van der Waals surface area contributed by atoms with Gasteiger partial charge in [-0.15, -0.1) is 0 Å². The van der Waals surface area contributed by atoms with Crippen LogP contribution in [-0.2, 0) is 11.3 Å². The summed E-state index contributed by atoms with van der Waals surface area (Å²) in [6.07, 6.45) is 18.1. The predicted octanol–water partition coefficient (Wildman–Crippen LogP) is 4.21. The van der Waals surface area contributed by atoms with Crippen molar-refractivity contribution in [1.82, 2.24) is 25.7 Å². The number of nitrogens with zero attached hydrogens (tertiary/aromatic N) is 2. The molecule has 7 rings (SSSR count). The van der Waals surface area contributed by atoms with Crippen LogP contribution >= 0.6 is 0 Å². The summed E-state index contributed by atoms with van der Waals surface area (Å²) < 4.78 is 8.15.